The lowest BCUT2D eigenvalue weighted by molar-refractivity contribution is -0.113. The third-order valence-electron chi connectivity index (χ3n) is 4.73. The number of hydrogen-bond donors (Lipinski definition) is 1. The number of rotatable bonds is 6. The van der Waals surface area contributed by atoms with E-state index in [9.17, 15) is 13.2 Å². The van der Waals surface area contributed by atoms with Crippen molar-refractivity contribution in [3.8, 4) is 0 Å². The van der Waals surface area contributed by atoms with Crippen LogP contribution in [-0.4, -0.2) is 59.6 Å². The predicted octanol–water partition coefficient (Wildman–Crippen LogP) is 3.22. The number of amides is 1. The number of benzene rings is 1. The molecule has 2 aromatic heterocycles. The van der Waals surface area contributed by atoms with Crippen molar-refractivity contribution in [1.82, 2.24) is 14.3 Å². The number of nitrogens with one attached hydrogen (secondary N) is 1. The number of thiophene rings is 1. The van der Waals surface area contributed by atoms with Crippen LogP contribution in [-0.2, 0) is 19.6 Å². The fourth-order valence-electron chi connectivity index (χ4n) is 3.40. The number of carbonyl (C=O) groups is 1. The maximum Gasteiger partial charge on any atom is 0.243 e. The first-order valence-electron chi connectivity index (χ1n) is 9.69. The van der Waals surface area contributed by atoms with Gasteiger partial charge in [-0.1, -0.05) is 11.8 Å². The standard InChI is InChI=1S/C20H22N4O4S3/c1-13-9-24(10-14(2)28-13)31(26,27)16-5-3-15(4-6-16)23-18(25)11-30-20-17-7-8-29-19(17)21-12-22-20/h3-8,12-14H,9-11H2,1-2H3,(H,23,25)/t13-,14+. The summed E-state index contributed by atoms with van der Waals surface area (Å²) in [6.07, 6.45) is 1.19. The van der Waals surface area contributed by atoms with Crippen LogP contribution in [0.3, 0.4) is 0 Å². The van der Waals surface area contributed by atoms with Crippen molar-refractivity contribution in [2.45, 2.75) is 36.0 Å². The Labute approximate surface area is 189 Å². The van der Waals surface area contributed by atoms with Crippen LogP contribution in [0.4, 0.5) is 5.69 Å². The number of fused-ring (bicyclic) bond motifs is 1. The third-order valence-corrected chi connectivity index (χ3v) is 8.40. The molecule has 3 aromatic rings. The van der Waals surface area contributed by atoms with Crippen molar-refractivity contribution in [3.05, 3.63) is 42.0 Å². The summed E-state index contributed by atoms with van der Waals surface area (Å²) in [5.41, 5.74) is 0.539. The number of anilines is 1. The summed E-state index contributed by atoms with van der Waals surface area (Å²) in [4.78, 5) is 21.9. The quantitative estimate of drug-likeness (QED) is 0.429. The van der Waals surface area contributed by atoms with E-state index in [-0.39, 0.29) is 28.8 Å². The Balaban J connectivity index is 1.38. The molecule has 0 unspecified atom stereocenters. The topological polar surface area (TPSA) is 101 Å². The van der Waals surface area contributed by atoms with Gasteiger partial charge in [-0.25, -0.2) is 18.4 Å². The van der Waals surface area contributed by atoms with Crippen LogP contribution in [0.15, 0.2) is 52.0 Å². The van der Waals surface area contributed by atoms with E-state index in [4.69, 9.17) is 4.74 Å². The Hall–Kier alpha value is -2.05. The fourth-order valence-corrected chi connectivity index (χ4v) is 6.57. The lowest BCUT2D eigenvalue weighted by Crippen LogP contribution is -2.48. The van der Waals surface area contributed by atoms with Crippen molar-refractivity contribution in [3.63, 3.8) is 0 Å². The minimum Gasteiger partial charge on any atom is -0.373 e. The summed E-state index contributed by atoms with van der Waals surface area (Å²) in [6.45, 7) is 4.37. The second-order valence-corrected chi connectivity index (χ2v) is 11.1. The van der Waals surface area contributed by atoms with Crippen molar-refractivity contribution < 1.29 is 17.9 Å². The molecule has 1 aromatic carbocycles. The zero-order valence-electron chi connectivity index (χ0n) is 17.0. The molecule has 0 radical (unpaired) electrons. The summed E-state index contributed by atoms with van der Waals surface area (Å²) < 4.78 is 32.9. The SMILES string of the molecule is C[C@@H]1CN(S(=O)(=O)c2ccc(NC(=O)CSc3ncnc4sccc34)cc2)C[C@H](C)O1. The van der Waals surface area contributed by atoms with Gasteiger partial charge in [0.25, 0.3) is 0 Å². The molecule has 2 atom stereocenters. The van der Waals surface area contributed by atoms with Gasteiger partial charge in [-0.05, 0) is 49.6 Å². The van der Waals surface area contributed by atoms with Crippen molar-refractivity contribution >= 4 is 54.9 Å². The van der Waals surface area contributed by atoms with Crippen molar-refractivity contribution in [1.29, 1.82) is 0 Å². The molecule has 0 aliphatic carbocycles. The summed E-state index contributed by atoms with van der Waals surface area (Å²) in [7, 11) is -3.61. The largest absolute Gasteiger partial charge is 0.373 e. The highest BCUT2D eigenvalue weighted by Crippen LogP contribution is 2.28. The molecule has 0 spiro atoms. The number of morpholine rings is 1. The molecule has 0 saturated carbocycles. The molecule has 164 valence electrons. The van der Waals surface area contributed by atoms with E-state index in [1.807, 2.05) is 25.3 Å². The van der Waals surface area contributed by atoms with Crippen LogP contribution >= 0.6 is 23.1 Å². The van der Waals surface area contributed by atoms with Gasteiger partial charge in [0.1, 0.15) is 16.2 Å². The lowest BCUT2D eigenvalue weighted by Gasteiger charge is -2.34. The molecule has 1 aliphatic heterocycles. The highest BCUT2D eigenvalue weighted by atomic mass is 32.2. The minimum absolute atomic E-state index is 0.153. The van der Waals surface area contributed by atoms with E-state index < -0.39 is 10.0 Å². The van der Waals surface area contributed by atoms with Gasteiger partial charge in [0, 0.05) is 24.2 Å². The second kappa shape index (κ2) is 9.21. The minimum atomic E-state index is -3.61. The van der Waals surface area contributed by atoms with Gasteiger partial charge < -0.3 is 10.1 Å². The Morgan fingerprint density at radius 1 is 1.19 bits per heavy atom. The van der Waals surface area contributed by atoms with Gasteiger partial charge in [-0.15, -0.1) is 11.3 Å². The number of aromatic nitrogens is 2. The van der Waals surface area contributed by atoms with Gasteiger partial charge in [-0.2, -0.15) is 4.31 Å². The average Bonchev–Trinajstić information content (AvgIpc) is 3.21. The zero-order chi connectivity index (χ0) is 22.0. The van der Waals surface area contributed by atoms with Crippen LogP contribution in [0.1, 0.15) is 13.8 Å². The molecule has 1 saturated heterocycles. The van der Waals surface area contributed by atoms with Crippen LogP contribution < -0.4 is 5.32 Å². The Morgan fingerprint density at radius 3 is 2.61 bits per heavy atom. The maximum absolute atomic E-state index is 12.9. The first-order valence-corrected chi connectivity index (χ1v) is 13.0. The molecule has 4 rings (SSSR count). The smallest absolute Gasteiger partial charge is 0.243 e. The summed E-state index contributed by atoms with van der Waals surface area (Å²) in [6, 6.07) is 8.18. The molecular formula is C20H22N4O4S3. The molecular weight excluding hydrogens is 456 g/mol. The van der Waals surface area contributed by atoms with Crippen LogP contribution in [0.2, 0.25) is 0 Å². The molecule has 11 heteroatoms. The number of nitrogens with zero attached hydrogens (tertiary/aromatic N) is 3. The molecule has 1 aliphatic rings. The van der Waals surface area contributed by atoms with Gasteiger partial charge in [0.05, 0.1) is 22.9 Å². The Morgan fingerprint density at radius 2 is 1.90 bits per heavy atom. The highest BCUT2D eigenvalue weighted by molar-refractivity contribution is 8.00. The predicted molar refractivity (Wildman–Crippen MR) is 122 cm³/mol. The number of hydrogen-bond acceptors (Lipinski definition) is 8. The van der Waals surface area contributed by atoms with Crippen molar-refractivity contribution in [2.24, 2.45) is 0 Å². The molecule has 8 nitrogen and oxygen atoms in total. The van der Waals surface area contributed by atoms with Crippen molar-refractivity contribution in [2.75, 3.05) is 24.2 Å². The normalized spacial score (nSPS) is 20.1. The van der Waals surface area contributed by atoms with Crippen LogP contribution in [0, 0.1) is 0 Å². The fraction of sp³-hybridized carbons (Fsp3) is 0.350. The Bertz CT molecular complexity index is 1170. The number of sulfonamides is 1. The monoisotopic (exact) mass is 478 g/mol. The van der Waals surface area contributed by atoms with E-state index >= 15 is 0 Å². The van der Waals surface area contributed by atoms with E-state index in [2.05, 4.69) is 15.3 Å². The van der Waals surface area contributed by atoms with Gasteiger partial charge in [-0.3, -0.25) is 4.79 Å². The first kappa shape index (κ1) is 22.2. The van der Waals surface area contributed by atoms with E-state index in [1.165, 1.54) is 45.9 Å². The van der Waals surface area contributed by atoms with E-state index in [0.717, 1.165) is 15.2 Å². The van der Waals surface area contributed by atoms with Gasteiger partial charge in [0.2, 0.25) is 15.9 Å². The van der Waals surface area contributed by atoms with E-state index in [1.54, 1.807) is 12.1 Å². The number of carbonyl (C=O) groups excluding carboxylic acids is 1. The molecule has 3 heterocycles. The summed E-state index contributed by atoms with van der Waals surface area (Å²) >= 11 is 2.87. The van der Waals surface area contributed by atoms with E-state index in [0.29, 0.717) is 18.8 Å². The third kappa shape index (κ3) is 5.07. The van der Waals surface area contributed by atoms with Gasteiger partial charge in [0.15, 0.2) is 0 Å². The number of thioether (sulfide) groups is 1. The maximum atomic E-state index is 12.9. The zero-order valence-corrected chi connectivity index (χ0v) is 19.5. The summed E-state index contributed by atoms with van der Waals surface area (Å²) in [5, 5.41) is 6.44. The van der Waals surface area contributed by atoms with Gasteiger partial charge >= 0.3 is 0 Å². The second-order valence-electron chi connectivity index (χ2n) is 7.26. The molecule has 1 N–H and O–H groups in total. The molecule has 0 bridgehead atoms. The van der Waals surface area contributed by atoms with Crippen LogP contribution in [0.25, 0.3) is 10.2 Å². The van der Waals surface area contributed by atoms with Crippen LogP contribution in [0.5, 0.6) is 0 Å². The highest BCUT2D eigenvalue weighted by Gasteiger charge is 2.32. The average molecular weight is 479 g/mol. The lowest BCUT2D eigenvalue weighted by atomic mass is 10.3. The first-order chi connectivity index (χ1) is 14.8. The summed E-state index contributed by atoms with van der Waals surface area (Å²) in [5.74, 6) is -0.00982. The molecule has 31 heavy (non-hydrogen) atoms. The number of ether oxygens (including phenoxy) is 1. The Kier molecular flexibility index (Phi) is 6.58. The molecule has 1 fully saturated rings. The molecule has 1 amide bonds.